The maximum atomic E-state index is 14.8. The summed E-state index contributed by atoms with van der Waals surface area (Å²) in [5, 5.41) is 10.5. The molecule has 3 aromatic rings. The smallest absolute Gasteiger partial charge is 0.179 e. The van der Waals surface area contributed by atoms with Crippen molar-refractivity contribution in [1.29, 1.82) is 0 Å². The largest absolute Gasteiger partial charge is 0.491 e. The van der Waals surface area contributed by atoms with Crippen molar-refractivity contribution >= 4 is 28.8 Å². The Hall–Kier alpha value is -3.03. The van der Waals surface area contributed by atoms with E-state index in [2.05, 4.69) is 25.5 Å². The number of H-pyrrole nitrogens is 1. The van der Waals surface area contributed by atoms with Crippen LogP contribution in [0.2, 0.25) is 0 Å². The summed E-state index contributed by atoms with van der Waals surface area (Å²) in [5.41, 5.74) is 0.858. The first kappa shape index (κ1) is 15.5. The summed E-state index contributed by atoms with van der Waals surface area (Å²) in [6.07, 6.45) is 3.14. The van der Waals surface area contributed by atoms with E-state index in [1.165, 1.54) is 7.11 Å². The van der Waals surface area contributed by atoms with E-state index in [0.29, 0.717) is 46.1 Å². The van der Waals surface area contributed by atoms with E-state index in [9.17, 15) is 9.18 Å². The number of hydrogen-bond acceptors (Lipinski definition) is 6. The lowest BCUT2D eigenvalue weighted by Crippen LogP contribution is -2.01. The topological polar surface area (TPSA) is 92.8 Å². The maximum Gasteiger partial charge on any atom is 0.179 e. The highest BCUT2D eigenvalue weighted by atomic mass is 19.1. The number of fused-ring (bicyclic) bond motifs is 1. The molecule has 0 bridgehead atoms. The molecule has 1 aliphatic carbocycles. The third-order valence-corrected chi connectivity index (χ3v) is 4.45. The van der Waals surface area contributed by atoms with Crippen molar-refractivity contribution in [2.24, 2.45) is 5.92 Å². The lowest BCUT2D eigenvalue weighted by molar-refractivity contribution is -0.108. The number of carbonyl (C=O) groups is 1. The number of nitrogens with zero attached hydrogens (tertiary/aromatic N) is 3. The minimum absolute atomic E-state index is 0.0359. The van der Waals surface area contributed by atoms with E-state index >= 15 is 0 Å². The van der Waals surface area contributed by atoms with Crippen molar-refractivity contribution in [1.82, 2.24) is 20.2 Å². The first-order valence-corrected chi connectivity index (χ1v) is 7.88. The molecule has 1 unspecified atom stereocenters. The van der Waals surface area contributed by atoms with E-state index in [1.54, 1.807) is 25.3 Å². The van der Waals surface area contributed by atoms with Crippen molar-refractivity contribution in [2.45, 2.75) is 19.3 Å². The SMILES string of the molecule is COc1cnc(C)nc1Nc1n[nH]c2c(F)c([C@@H]3CC3C=O)ccc12. The van der Waals surface area contributed by atoms with Gasteiger partial charge in [0.05, 0.1) is 13.3 Å². The number of rotatable bonds is 5. The predicted octanol–water partition coefficient (Wildman–Crippen LogP) is 2.86. The Balaban J connectivity index is 1.71. The van der Waals surface area contributed by atoms with Gasteiger partial charge in [0, 0.05) is 11.3 Å². The summed E-state index contributed by atoms with van der Waals surface area (Å²) < 4.78 is 20.0. The van der Waals surface area contributed by atoms with Crippen LogP contribution in [0.3, 0.4) is 0 Å². The molecule has 4 rings (SSSR count). The number of aromatic amines is 1. The molecule has 128 valence electrons. The van der Waals surface area contributed by atoms with Crippen LogP contribution < -0.4 is 10.1 Å². The van der Waals surface area contributed by atoms with Crippen LogP contribution in [0, 0.1) is 18.7 Å². The number of benzene rings is 1. The number of nitrogens with one attached hydrogen (secondary N) is 2. The number of methoxy groups -OCH3 is 1. The minimum atomic E-state index is -0.363. The fraction of sp³-hybridized carbons (Fsp3) is 0.294. The van der Waals surface area contributed by atoms with Gasteiger partial charge in [0.2, 0.25) is 0 Å². The van der Waals surface area contributed by atoms with Gasteiger partial charge in [-0.05, 0) is 30.9 Å². The van der Waals surface area contributed by atoms with Crippen LogP contribution in [0.5, 0.6) is 5.75 Å². The van der Waals surface area contributed by atoms with Gasteiger partial charge in [0.25, 0.3) is 0 Å². The second kappa shape index (κ2) is 5.80. The van der Waals surface area contributed by atoms with Gasteiger partial charge >= 0.3 is 0 Å². The summed E-state index contributed by atoms with van der Waals surface area (Å²) in [6, 6.07) is 3.51. The molecule has 0 amide bonds. The normalized spacial score (nSPS) is 19.0. The van der Waals surface area contributed by atoms with Gasteiger partial charge in [-0.1, -0.05) is 6.07 Å². The van der Waals surface area contributed by atoms with Gasteiger partial charge in [-0.3, -0.25) is 5.10 Å². The zero-order chi connectivity index (χ0) is 17.6. The summed E-state index contributed by atoms with van der Waals surface area (Å²) in [4.78, 5) is 19.2. The van der Waals surface area contributed by atoms with E-state index < -0.39 is 0 Å². The number of anilines is 2. The Bertz CT molecular complexity index is 971. The molecule has 0 spiro atoms. The number of aromatic nitrogens is 4. The zero-order valence-electron chi connectivity index (χ0n) is 13.7. The summed E-state index contributed by atoms with van der Waals surface area (Å²) in [5.74, 6) is 1.46. The fourth-order valence-corrected chi connectivity index (χ4v) is 2.99. The van der Waals surface area contributed by atoms with Gasteiger partial charge in [0.15, 0.2) is 23.2 Å². The molecule has 1 aromatic carbocycles. The molecular weight excluding hydrogens is 325 g/mol. The standard InChI is InChI=1S/C17H16FN5O2/c1-8-19-6-13(25-2)17(20-8)21-16-11-4-3-10(12-5-9(12)7-24)14(18)15(11)22-23-16/h3-4,6-7,9,12H,5H2,1-2H3,(H2,19,20,21,22,23)/t9?,12-/m1/s1. The highest BCUT2D eigenvalue weighted by Crippen LogP contribution is 2.47. The van der Waals surface area contributed by atoms with Gasteiger partial charge in [-0.15, -0.1) is 0 Å². The quantitative estimate of drug-likeness (QED) is 0.693. The summed E-state index contributed by atoms with van der Waals surface area (Å²) in [7, 11) is 1.52. The Morgan fingerprint density at radius 2 is 2.24 bits per heavy atom. The second-order valence-electron chi connectivity index (χ2n) is 6.06. The van der Waals surface area contributed by atoms with Gasteiger partial charge in [-0.25, -0.2) is 14.4 Å². The van der Waals surface area contributed by atoms with E-state index in [4.69, 9.17) is 4.74 Å². The predicted molar refractivity (Wildman–Crippen MR) is 89.6 cm³/mol. The molecule has 7 nitrogen and oxygen atoms in total. The van der Waals surface area contributed by atoms with E-state index in [1.807, 2.05) is 0 Å². The lowest BCUT2D eigenvalue weighted by atomic mass is 10.1. The summed E-state index contributed by atoms with van der Waals surface area (Å²) in [6.45, 7) is 1.76. The van der Waals surface area contributed by atoms with Crippen LogP contribution in [0.4, 0.5) is 16.0 Å². The minimum Gasteiger partial charge on any atom is -0.491 e. The number of halogens is 1. The maximum absolute atomic E-state index is 14.8. The third kappa shape index (κ3) is 2.59. The Labute approximate surface area is 142 Å². The molecule has 1 saturated carbocycles. The molecule has 2 heterocycles. The van der Waals surface area contributed by atoms with Crippen LogP contribution in [-0.2, 0) is 4.79 Å². The molecule has 0 saturated heterocycles. The molecule has 1 fully saturated rings. The molecule has 0 aliphatic heterocycles. The average molecular weight is 341 g/mol. The molecule has 1 aliphatic rings. The molecule has 2 aromatic heterocycles. The lowest BCUT2D eigenvalue weighted by Gasteiger charge is -2.09. The Kier molecular flexibility index (Phi) is 3.60. The van der Waals surface area contributed by atoms with Crippen LogP contribution in [0.25, 0.3) is 10.9 Å². The number of ether oxygens (including phenoxy) is 1. The van der Waals surface area contributed by atoms with Crippen molar-refractivity contribution < 1.29 is 13.9 Å². The molecule has 2 atom stereocenters. The molecule has 0 radical (unpaired) electrons. The fourth-order valence-electron chi connectivity index (χ4n) is 2.99. The number of carbonyl (C=O) groups excluding carboxylic acids is 1. The highest BCUT2D eigenvalue weighted by Gasteiger charge is 2.40. The van der Waals surface area contributed by atoms with Crippen molar-refractivity contribution in [2.75, 3.05) is 12.4 Å². The third-order valence-electron chi connectivity index (χ3n) is 4.45. The van der Waals surface area contributed by atoms with Crippen molar-refractivity contribution in [3.8, 4) is 5.75 Å². The first-order chi connectivity index (χ1) is 12.1. The number of hydrogen-bond donors (Lipinski definition) is 2. The number of aldehydes is 1. The highest BCUT2D eigenvalue weighted by molar-refractivity contribution is 5.92. The zero-order valence-corrected chi connectivity index (χ0v) is 13.7. The van der Waals surface area contributed by atoms with Gasteiger partial charge in [0.1, 0.15) is 17.6 Å². The van der Waals surface area contributed by atoms with Crippen LogP contribution >= 0.6 is 0 Å². The number of aryl methyl sites for hydroxylation is 1. The average Bonchev–Trinajstić information content (AvgIpc) is 3.28. The van der Waals surface area contributed by atoms with Crippen LogP contribution in [0.15, 0.2) is 18.3 Å². The Morgan fingerprint density at radius 1 is 1.40 bits per heavy atom. The van der Waals surface area contributed by atoms with Crippen molar-refractivity contribution in [3.63, 3.8) is 0 Å². The first-order valence-electron chi connectivity index (χ1n) is 7.88. The second-order valence-corrected chi connectivity index (χ2v) is 6.06. The van der Waals surface area contributed by atoms with Gasteiger partial charge < -0.3 is 14.8 Å². The Morgan fingerprint density at radius 3 is 2.96 bits per heavy atom. The van der Waals surface area contributed by atoms with Crippen molar-refractivity contribution in [3.05, 3.63) is 35.5 Å². The van der Waals surface area contributed by atoms with Crippen LogP contribution in [-0.4, -0.2) is 33.6 Å². The molecule has 2 N–H and O–H groups in total. The van der Waals surface area contributed by atoms with E-state index in [0.717, 1.165) is 6.29 Å². The van der Waals surface area contributed by atoms with E-state index in [-0.39, 0.29) is 17.7 Å². The molecule has 8 heteroatoms. The monoisotopic (exact) mass is 341 g/mol. The molecule has 25 heavy (non-hydrogen) atoms. The van der Waals surface area contributed by atoms with Gasteiger partial charge in [-0.2, -0.15) is 5.10 Å². The van der Waals surface area contributed by atoms with Crippen LogP contribution in [0.1, 0.15) is 23.7 Å². The summed E-state index contributed by atoms with van der Waals surface area (Å²) >= 11 is 0. The molecular formula is C17H16FN5O2.